The first-order chi connectivity index (χ1) is 12.5. The summed E-state index contributed by atoms with van der Waals surface area (Å²) in [6, 6.07) is 12.7. The average molecular weight is 372 g/mol. The van der Waals surface area contributed by atoms with Crippen LogP contribution in [0.3, 0.4) is 0 Å². The van der Waals surface area contributed by atoms with Gasteiger partial charge in [-0.2, -0.15) is 0 Å². The summed E-state index contributed by atoms with van der Waals surface area (Å²) in [5, 5.41) is 3.38. The number of amides is 1. The highest BCUT2D eigenvalue weighted by Gasteiger charge is 2.16. The zero-order valence-corrected chi connectivity index (χ0v) is 15.5. The van der Waals surface area contributed by atoms with E-state index in [4.69, 9.17) is 16.3 Å². The number of hydrogen-bond donors (Lipinski definition) is 1. The van der Waals surface area contributed by atoms with Crippen molar-refractivity contribution >= 4 is 23.5 Å². The van der Waals surface area contributed by atoms with Crippen molar-refractivity contribution in [3.63, 3.8) is 0 Å². The Kier molecular flexibility index (Phi) is 5.94. The van der Waals surface area contributed by atoms with E-state index < -0.39 is 5.97 Å². The van der Waals surface area contributed by atoms with Crippen molar-refractivity contribution < 1.29 is 14.3 Å². The van der Waals surface area contributed by atoms with Gasteiger partial charge in [-0.25, -0.2) is 4.79 Å². The maximum absolute atomic E-state index is 12.2. The van der Waals surface area contributed by atoms with Gasteiger partial charge in [-0.05, 0) is 67.5 Å². The lowest BCUT2D eigenvalue weighted by atomic mass is 9.90. The van der Waals surface area contributed by atoms with Crippen LogP contribution in [0.4, 0.5) is 0 Å². The maximum atomic E-state index is 12.2. The molecule has 0 aromatic heterocycles. The first-order valence-electron chi connectivity index (χ1n) is 8.87. The van der Waals surface area contributed by atoms with E-state index in [0.29, 0.717) is 10.6 Å². The van der Waals surface area contributed by atoms with Gasteiger partial charge in [0.15, 0.2) is 6.61 Å². The lowest BCUT2D eigenvalue weighted by Gasteiger charge is -2.17. The number of nitrogens with one attached hydrogen (secondary N) is 1. The van der Waals surface area contributed by atoms with E-state index >= 15 is 0 Å². The molecule has 2 aromatic carbocycles. The van der Waals surface area contributed by atoms with Gasteiger partial charge in [-0.1, -0.05) is 35.9 Å². The normalized spacial score (nSPS) is 14.2. The fourth-order valence-corrected chi connectivity index (χ4v) is 3.56. The standard InChI is InChI=1S/C21H22ClNO3/c1-14(18-8-4-5-9-19(18)22)23-20(24)13-26-21(25)17-11-10-15-6-2-3-7-16(15)12-17/h4-5,8-12,14H,2-3,6-7,13H2,1H3,(H,23,24)/t14-/m0/s1. The molecule has 4 nitrogen and oxygen atoms in total. The molecule has 1 aliphatic carbocycles. The van der Waals surface area contributed by atoms with Gasteiger partial charge in [0.25, 0.3) is 5.91 Å². The van der Waals surface area contributed by atoms with E-state index in [-0.39, 0.29) is 18.6 Å². The Balaban J connectivity index is 1.54. The van der Waals surface area contributed by atoms with Crippen LogP contribution in [-0.2, 0) is 22.4 Å². The van der Waals surface area contributed by atoms with Gasteiger partial charge in [-0.15, -0.1) is 0 Å². The monoisotopic (exact) mass is 371 g/mol. The van der Waals surface area contributed by atoms with Crippen LogP contribution in [0, 0.1) is 0 Å². The molecule has 2 aromatic rings. The molecule has 1 aliphatic rings. The highest BCUT2D eigenvalue weighted by Crippen LogP contribution is 2.23. The number of rotatable bonds is 5. The lowest BCUT2D eigenvalue weighted by molar-refractivity contribution is -0.124. The Labute approximate surface area is 158 Å². The van der Waals surface area contributed by atoms with Crippen LogP contribution in [0.2, 0.25) is 5.02 Å². The molecule has 26 heavy (non-hydrogen) atoms. The Morgan fingerprint density at radius 2 is 1.85 bits per heavy atom. The Morgan fingerprint density at radius 1 is 1.12 bits per heavy atom. The van der Waals surface area contributed by atoms with Crippen molar-refractivity contribution in [3.05, 3.63) is 69.7 Å². The lowest BCUT2D eigenvalue weighted by Crippen LogP contribution is -2.31. The van der Waals surface area contributed by atoms with Crippen molar-refractivity contribution in [2.24, 2.45) is 0 Å². The zero-order chi connectivity index (χ0) is 18.5. The predicted molar refractivity (Wildman–Crippen MR) is 101 cm³/mol. The van der Waals surface area contributed by atoms with E-state index in [0.717, 1.165) is 24.8 Å². The van der Waals surface area contributed by atoms with Crippen LogP contribution in [0.15, 0.2) is 42.5 Å². The van der Waals surface area contributed by atoms with Crippen molar-refractivity contribution in [1.82, 2.24) is 5.32 Å². The zero-order valence-electron chi connectivity index (χ0n) is 14.8. The highest BCUT2D eigenvalue weighted by atomic mass is 35.5. The van der Waals surface area contributed by atoms with Gasteiger partial charge in [0.2, 0.25) is 0 Å². The molecule has 0 saturated carbocycles. The molecule has 1 N–H and O–H groups in total. The fraction of sp³-hybridized carbons (Fsp3) is 0.333. The second-order valence-corrected chi connectivity index (χ2v) is 6.98. The minimum atomic E-state index is -0.473. The smallest absolute Gasteiger partial charge is 0.338 e. The van der Waals surface area contributed by atoms with Crippen LogP contribution < -0.4 is 5.32 Å². The van der Waals surface area contributed by atoms with Crippen molar-refractivity contribution in [3.8, 4) is 0 Å². The predicted octanol–water partition coefficient (Wildman–Crippen LogP) is 4.25. The van der Waals surface area contributed by atoms with Crippen LogP contribution in [0.1, 0.15) is 52.9 Å². The molecule has 5 heteroatoms. The van der Waals surface area contributed by atoms with E-state index in [1.165, 1.54) is 17.5 Å². The Bertz CT molecular complexity index is 819. The molecule has 3 rings (SSSR count). The van der Waals surface area contributed by atoms with Gasteiger partial charge in [0, 0.05) is 5.02 Å². The molecular formula is C21H22ClNO3. The van der Waals surface area contributed by atoms with Crippen LogP contribution >= 0.6 is 11.6 Å². The molecule has 0 fully saturated rings. The summed E-state index contributed by atoms with van der Waals surface area (Å²) in [6.07, 6.45) is 4.40. The number of hydrogen-bond acceptors (Lipinski definition) is 3. The van der Waals surface area contributed by atoms with Gasteiger partial charge in [0.05, 0.1) is 11.6 Å². The molecule has 0 unspecified atom stereocenters. The van der Waals surface area contributed by atoms with E-state index in [9.17, 15) is 9.59 Å². The molecule has 1 amide bonds. The Morgan fingerprint density at radius 3 is 2.62 bits per heavy atom. The summed E-state index contributed by atoms with van der Waals surface area (Å²) in [6.45, 7) is 1.52. The van der Waals surface area contributed by atoms with Gasteiger partial charge in [-0.3, -0.25) is 4.79 Å². The Hall–Kier alpha value is -2.33. The van der Waals surface area contributed by atoms with Crippen LogP contribution in [0.25, 0.3) is 0 Å². The molecule has 136 valence electrons. The quantitative estimate of drug-likeness (QED) is 0.799. The molecule has 0 spiro atoms. The maximum Gasteiger partial charge on any atom is 0.338 e. The molecule has 0 radical (unpaired) electrons. The summed E-state index contributed by atoms with van der Waals surface area (Å²) in [5.74, 6) is -0.831. The molecule has 0 bridgehead atoms. The minimum Gasteiger partial charge on any atom is -0.452 e. The van der Waals surface area contributed by atoms with Gasteiger partial charge in [0.1, 0.15) is 0 Å². The topological polar surface area (TPSA) is 55.4 Å². The van der Waals surface area contributed by atoms with Crippen LogP contribution in [0.5, 0.6) is 0 Å². The largest absolute Gasteiger partial charge is 0.452 e. The van der Waals surface area contributed by atoms with Crippen LogP contribution in [-0.4, -0.2) is 18.5 Å². The third-order valence-corrected chi connectivity index (χ3v) is 5.01. The molecular weight excluding hydrogens is 350 g/mol. The van der Waals surface area contributed by atoms with Gasteiger partial charge >= 0.3 is 5.97 Å². The molecule has 0 saturated heterocycles. The number of carbonyl (C=O) groups is 2. The fourth-order valence-electron chi connectivity index (χ4n) is 3.26. The van der Waals surface area contributed by atoms with E-state index in [1.807, 2.05) is 37.3 Å². The number of ether oxygens (including phenoxy) is 1. The van der Waals surface area contributed by atoms with E-state index in [1.54, 1.807) is 12.1 Å². The number of esters is 1. The summed E-state index contributed by atoms with van der Waals surface area (Å²) >= 11 is 6.13. The molecule has 0 aliphatic heterocycles. The highest BCUT2D eigenvalue weighted by molar-refractivity contribution is 6.31. The third-order valence-electron chi connectivity index (χ3n) is 4.67. The van der Waals surface area contributed by atoms with E-state index in [2.05, 4.69) is 5.32 Å². The summed E-state index contributed by atoms with van der Waals surface area (Å²) in [5.41, 5.74) is 3.84. The van der Waals surface area contributed by atoms with Crippen molar-refractivity contribution in [1.29, 1.82) is 0 Å². The SMILES string of the molecule is C[C@H](NC(=O)COC(=O)c1ccc2c(c1)CCCC2)c1ccccc1Cl. The van der Waals surface area contributed by atoms with Gasteiger partial charge < -0.3 is 10.1 Å². The first-order valence-corrected chi connectivity index (χ1v) is 9.25. The summed E-state index contributed by atoms with van der Waals surface area (Å²) in [7, 11) is 0. The summed E-state index contributed by atoms with van der Waals surface area (Å²) < 4.78 is 5.16. The minimum absolute atomic E-state index is 0.265. The number of fused-ring (bicyclic) bond motifs is 1. The van der Waals surface area contributed by atoms with Crippen molar-refractivity contribution in [2.75, 3.05) is 6.61 Å². The number of benzene rings is 2. The number of aryl methyl sites for hydroxylation is 2. The first kappa shape index (κ1) is 18.5. The number of halogens is 1. The second kappa shape index (κ2) is 8.37. The average Bonchev–Trinajstić information content (AvgIpc) is 2.66. The van der Waals surface area contributed by atoms with Crippen molar-refractivity contribution in [2.45, 2.75) is 38.6 Å². The summed E-state index contributed by atoms with van der Waals surface area (Å²) in [4.78, 5) is 24.3. The number of carbonyl (C=O) groups excluding carboxylic acids is 2. The third kappa shape index (κ3) is 4.44. The molecule has 0 heterocycles. The second-order valence-electron chi connectivity index (χ2n) is 6.58. The molecule has 1 atom stereocenters.